The summed E-state index contributed by atoms with van der Waals surface area (Å²) < 4.78 is 5.36. The summed E-state index contributed by atoms with van der Waals surface area (Å²) in [6.07, 6.45) is 1.42. The molecule has 29 heavy (non-hydrogen) atoms. The number of ether oxygens (including phenoxy) is 1. The fourth-order valence-corrected chi connectivity index (χ4v) is 4.43. The van der Waals surface area contributed by atoms with Crippen LogP contribution in [-0.2, 0) is 9.53 Å². The van der Waals surface area contributed by atoms with Crippen molar-refractivity contribution in [2.45, 2.75) is 40.5 Å². The van der Waals surface area contributed by atoms with Gasteiger partial charge in [0.15, 0.2) is 6.61 Å². The Morgan fingerprint density at radius 2 is 1.90 bits per heavy atom. The first kappa shape index (κ1) is 21.2. The van der Waals surface area contributed by atoms with Gasteiger partial charge in [-0.1, -0.05) is 6.07 Å². The van der Waals surface area contributed by atoms with Gasteiger partial charge in [0.2, 0.25) is 5.78 Å². The lowest BCUT2D eigenvalue weighted by Gasteiger charge is -2.31. The number of thiophene rings is 1. The third kappa shape index (κ3) is 4.58. The van der Waals surface area contributed by atoms with Crippen molar-refractivity contribution in [1.29, 1.82) is 0 Å². The monoisotopic (exact) mass is 413 g/mol. The van der Waals surface area contributed by atoms with Crippen molar-refractivity contribution in [3.8, 4) is 0 Å². The first-order valence-corrected chi connectivity index (χ1v) is 10.8. The molecule has 2 aromatic rings. The number of carbonyl (C=O) groups is 3. The summed E-state index contributed by atoms with van der Waals surface area (Å²) in [7, 11) is 0. The van der Waals surface area contributed by atoms with Gasteiger partial charge in [0.05, 0.1) is 10.8 Å². The normalized spacial score (nSPS) is 16.6. The second kappa shape index (κ2) is 8.91. The molecule has 3 rings (SSSR count). The molecule has 1 aromatic heterocycles. The van der Waals surface area contributed by atoms with Crippen LogP contribution in [0.15, 0.2) is 23.6 Å². The van der Waals surface area contributed by atoms with Crippen LogP contribution in [0, 0.1) is 33.6 Å². The Bertz CT molecular complexity index is 933. The number of ketones is 1. The van der Waals surface area contributed by atoms with Crippen LogP contribution in [0.25, 0.3) is 0 Å². The van der Waals surface area contributed by atoms with Crippen molar-refractivity contribution in [2.24, 2.45) is 5.92 Å². The van der Waals surface area contributed by atoms with Crippen LogP contribution in [0.1, 0.15) is 55.1 Å². The Morgan fingerprint density at radius 3 is 2.59 bits per heavy atom. The third-order valence-electron chi connectivity index (χ3n) is 5.90. The molecular formula is C23H27NO4S. The zero-order valence-corrected chi connectivity index (χ0v) is 18.2. The second-order valence-corrected chi connectivity index (χ2v) is 8.66. The van der Waals surface area contributed by atoms with Crippen LogP contribution in [0.2, 0.25) is 0 Å². The van der Waals surface area contributed by atoms with Crippen molar-refractivity contribution in [3.05, 3.63) is 56.3 Å². The van der Waals surface area contributed by atoms with Crippen molar-refractivity contribution < 1.29 is 19.1 Å². The molecular weight excluding hydrogens is 386 g/mol. The average Bonchev–Trinajstić information content (AvgIpc) is 3.27. The van der Waals surface area contributed by atoms with Gasteiger partial charge in [0.25, 0.3) is 5.91 Å². The quantitative estimate of drug-likeness (QED) is 0.543. The highest BCUT2D eigenvalue weighted by atomic mass is 32.1. The van der Waals surface area contributed by atoms with Gasteiger partial charge < -0.3 is 9.64 Å². The molecule has 1 amide bonds. The number of piperidine rings is 1. The highest BCUT2D eigenvalue weighted by Gasteiger charge is 2.30. The summed E-state index contributed by atoms with van der Waals surface area (Å²) in [6, 6.07) is 5.51. The van der Waals surface area contributed by atoms with Gasteiger partial charge >= 0.3 is 5.97 Å². The first-order valence-electron chi connectivity index (χ1n) is 9.89. The Morgan fingerprint density at radius 1 is 1.14 bits per heavy atom. The number of carbonyl (C=O) groups excluding carboxylic acids is 3. The second-order valence-electron chi connectivity index (χ2n) is 7.71. The van der Waals surface area contributed by atoms with E-state index in [1.807, 2.05) is 45.2 Å². The molecule has 0 radical (unpaired) electrons. The number of benzene rings is 1. The maximum Gasteiger partial charge on any atom is 0.311 e. The van der Waals surface area contributed by atoms with E-state index in [4.69, 9.17) is 4.74 Å². The lowest BCUT2D eigenvalue weighted by Crippen LogP contribution is -2.42. The Labute approximate surface area is 175 Å². The van der Waals surface area contributed by atoms with E-state index in [1.54, 1.807) is 11.0 Å². The number of likely N-dealkylation sites (tertiary alicyclic amines) is 1. The molecule has 0 saturated carbocycles. The van der Waals surface area contributed by atoms with Gasteiger partial charge in [-0.2, -0.15) is 0 Å². The number of rotatable bonds is 5. The number of nitrogens with zero attached hydrogens (tertiary/aromatic N) is 1. The summed E-state index contributed by atoms with van der Waals surface area (Å²) in [6.45, 7) is 8.65. The lowest BCUT2D eigenvalue weighted by atomic mass is 9.93. The number of hydrogen-bond donors (Lipinski definition) is 0. The number of Topliss-reactive ketones (excluding diaryl/α,β-unsaturated/α-hetero) is 1. The largest absolute Gasteiger partial charge is 0.457 e. The zero-order chi connectivity index (χ0) is 21.1. The minimum Gasteiger partial charge on any atom is -0.457 e. The summed E-state index contributed by atoms with van der Waals surface area (Å²) >= 11 is 1.40. The number of amides is 1. The molecule has 0 spiro atoms. The minimum atomic E-state index is -0.403. The standard InChI is InChI=1S/C23H27NO4S/c1-14-11-19(17(4)16(3)15(14)2)20(25)13-28-23(27)18-7-5-9-24(12-18)22(26)21-8-6-10-29-21/h6,8,10-11,18H,5,7,9,12-13H2,1-4H3. The Kier molecular flexibility index (Phi) is 6.52. The molecule has 1 unspecified atom stereocenters. The Balaban J connectivity index is 1.60. The van der Waals surface area contributed by atoms with E-state index in [0.29, 0.717) is 30.0 Å². The molecule has 0 aliphatic carbocycles. The molecule has 6 heteroatoms. The van der Waals surface area contributed by atoms with Crippen LogP contribution in [0.4, 0.5) is 0 Å². The maximum absolute atomic E-state index is 12.7. The number of aryl methyl sites for hydroxylation is 1. The molecule has 1 saturated heterocycles. The van der Waals surface area contributed by atoms with E-state index in [1.165, 1.54) is 16.9 Å². The average molecular weight is 414 g/mol. The van der Waals surface area contributed by atoms with Gasteiger partial charge in [-0.15, -0.1) is 11.3 Å². The van der Waals surface area contributed by atoms with Crippen molar-refractivity contribution >= 4 is 29.0 Å². The van der Waals surface area contributed by atoms with Crippen LogP contribution < -0.4 is 0 Å². The van der Waals surface area contributed by atoms with E-state index in [-0.39, 0.29) is 24.2 Å². The Hall–Kier alpha value is -2.47. The SMILES string of the molecule is Cc1cc(C(=O)COC(=O)C2CCCN(C(=O)c3cccs3)C2)c(C)c(C)c1C. The number of hydrogen-bond acceptors (Lipinski definition) is 5. The van der Waals surface area contributed by atoms with Crippen LogP contribution in [-0.4, -0.2) is 42.3 Å². The highest BCUT2D eigenvalue weighted by molar-refractivity contribution is 7.12. The summed E-state index contributed by atoms with van der Waals surface area (Å²) in [5.74, 6) is -1.03. The molecule has 0 bridgehead atoms. The van der Waals surface area contributed by atoms with Gasteiger partial charge in [-0.25, -0.2) is 0 Å². The van der Waals surface area contributed by atoms with Gasteiger partial charge in [-0.05, 0) is 80.3 Å². The fourth-order valence-electron chi connectivity index (χ4n) is 3.74. The molecule has 1 aliphatic heterocycles. The van der Waals surface area contributed by atoms with E-state index >= 15 is 0 Å². The molecule has 1 aromatic carbocycles. The molecule has 1 aliphatic rings. The van der Waals surface area contributed by atoms with Gasteiger partial charge in [-0.3, -0.25) is 14.4 Å². The predicted octanol–water partition coefficient (Wildman–Crippen LogP) is 4.26. The fraction of sp³-hybridized carbons (Fsp3) is 0.435. The van der Waals surface area contributed by atoms with Crippen LogP contribution in [0.3, 0.4) is 0 Å². The predicted molar refractivity (Wildman–Crippen MR) is 114 cm³/mol. The third-order valence-corrected chi connectivity index (χ3v) is 6.76. The minimum absolute atomic E-state index is 0.0465. The number of esters is 1. The van der Waals surface area contributed by atoms with E-state index in [2.05, 4.69) is 0 Å². The van der Waals surface area contributed by atoms with E-state index in [9.17, 15) is 14.4 Å². The van der Waals surface area contributed by atoms with Gasteiger partial charge in [0, 0.05) is 18.7 Å². The van der Waals surface area contributed by atoms with Gasteiger partial charge in [0.1, 0.15) is 0 Å². The maximum atomic E-state index is 12.7. The molecule has 0 N–H and O–H groups in total. The van der Waals surface area contributed by atoms with Crippen molar-refractivity contribution in [3.63, 3.8) is 0 Å². The first-order chi connectivity index (χ1) is 13.8. The van der Waals surface area contributed by atoms with Crippen LogP contribution in [0.5, 0.6) is 0 Å². The molecule has 2 heterocycles. The lowest BCUT2D eigenvalue weighted by molar-refractivity contribution is -0.148. The molecule has 1 atom stereocenters. The molecule has 154 valence electrons. The van der Waals surface area contributed by atoms with E-state index < -0.39 is 5.97 Å². The van der Waals surface area contributed by atoms with Crippen molar-refractivity contribution in [1.82, 2.24) is 4.90 Å². The van der Waals surface area contributed by atoms with E-state index in [0.717, 1.165) is 23.1 Å². The topological polar surface area (TPSA) is 63.7 Å². The summed E-state index contributed by atoms with van der Waals surface area (Å²) in [4.78, 5) is 40.1. The molecule has 1 fully saturated rings. The smallest absolute Gasteiger partial charge is 0.311 e. The van der Waals surface area contributed by atoms with Crippen LogP contribution >= 0.6 is 11.3 Å². The highest BCUT2D eigenvalue weighted by Crippen LogP contribution is 2.23. The van der Waals surface area contributed by atoms with Crippen molar-refractivity contribution in [2.75, 3.05) is 19.7 Å². The molecule has 5 nitrogen and oxygen atoms in total. The summed E-state index contributed by atoms with van der Waals surface area (Å²) in [5, 5.41) is 1.87. The zero-order valence-electron chi connectivity index (χ0n) is 17.4. The summed E-state index contributed by atoms with van der Waals surface area (Å²) in [5.41, 5.74) is 4.86.